The molecule has 1 aromatic heterocycles. The van der Waals surface area contributed by atoms with E-state index in [-0.39, 0.29) is 13.0 Å². The Bertz CT molecular complexity index is 445. The largest absolute Gasteiger partial charge is 0.393 e. The fourth-order valence-electron chi connectivity index (χ4n) is 2.51. The maximum atomic E-state index is 12.8. The van der Waals surface area contributed by atoms with Crippen LogP contribution in [0.3, 0.4) is 0 Å². The molecule has 2 N–H and O–H groups in total. The number of nitrogens with two attached hydrogens (primary N) is 1. The molecule has 1 aliphatic heterocycles. The predicted molar refractivity (Wildman–Crippen MR) is 67.9 cm³/mol. The number of rotatable bonds is 2. The molecular weight excluding hydrogens is 255 g/mol. The summed E-state index contributed by atoms with van der Waals surface area (Å²) in [6, 6.07) is 1.89. The Labute approximate surface area is 110 Å². The molecule has 1 aliphatic rings. The van der Waals surface area contributed by atoms with Crippen molar-refractivity contribution in [3.63, 3.8) is 0 Å². The van der Waals surface area contributed by atoms with Crippen LogP contribution in [0.15, 0.2) is 12.3 Å². The molecule has 0 amide bonds. The van der Waals surface area contributed by atoms with Gasteiger partial charge >= 0.3 is 6.18 Å². The SMILES string of the molecule is Cc1cc(CN)cnc1N1CCCC(C(F)(F)F)C1. The first kappa shape index (κ1) is 14.1. The summed E-state index contributed by atoms with van der Waals surface area (Å²) in [5.74, 6) is -0.609. The quantitative estimate of drug-likeness (QED) is 0.900. The first-order valence-electron chi connectivity index (χ1n) is 6.39. The van der Waals surface area contributed by atoms with Gasteiger partial charge in [0.15, 0.2) is 0 Å². The van der Waals surface area contributed by atoms with Crippen molar-refractivity contribution in [2.24, 2.45) is 11.7 Å². The van der Waals surface area contributed by atoms with E-state index >= 15 is 0 Å². The molecule has 2 rings (SSSR count). The topological polar surface area (TPSA) is 42.1 Å². The van der Waals surface area contributed by atoms with Gasteiger partial charge in [0.25, 0.3) is 0 Å². The van der Waals surface area contributed by atoms with Crippen LogP contribution in [-0.2, 0) is 6.54 Å². The first-order chi connectivity index (χ1) is 8.91. The Morgan fingerprint density at radius 3 is 2.79 bits per heavy atom. The maximum Gasteiger partial charge on any atom is 0.393 e. The molecule has 6 heteroatoms. The summed E-state index contributed by atoms with van der Waals surface area (Å²) in [5, 5.41) is 0. The van der Waals surface area contributed by atoms with Crippen molar-refractivity contribution in [1.29, 1.82) is 0 Å². The summed E-state index contributed by atoms with van der Waals surface area (Å²) in [4.78, 5) is 6.00. The van der Waals surface area contributed by atoms with E-state index in [0.717, 1.165) is 11.1 Å². The third-order valence-electron chi connectivity index (χ3n) is 3.53. The van der Waals surface area contributed by atoms with Crippen LogP contribution in [0.1, 0.15) is 24.0 Å². The molecule has 0 spiro atoms. The van der Waals surface area contributed by atoms with E-state index in [1.54, 1.807) is 11.1 Å². The summed E-state index contributed by atoms with van der Waals surface area (Å²) in [6.07, 6.45) is -1.73. The van der Waals surface area contributed by atoms with E-state index in [1.807, 2.05) is 13.0 Å². The van der Waals surface area contributed by atoms with Crippen LogP contribution >= 0.6 is 0 Å². The van der Waals surface area contributed by atoms with E-state index in [4.69, 9.17) is 5.73 Å². The van der Waals surface area contributed by atoms with Gasteiger partial charge in [0, 0.05) is 25.8 Å². The van der Waals surface area contributed by atoms with Crippen molar-refractivity contribution in [3.05, 3.63) is 23.4 Å². The molecule has 0 saturated carbocycles. The van der Waals surface area contributed by atoms with Crippen molar-refractivity contribution in [2.45, 2.75) is 32.5 Å². The fraction of sp³-hybridized carbons (Fsp3) is 0.615. The highest BCUT2D eigenvalue weighted by atomic mass is 19.4. The number of hydrogen-bond donors (Lipinski definition) is 1. The Balaban J connectivity index is 2.17. The highest BCUT2D eigenvalue weighted by molar-refractivity contribution is 5.47. The number of aromatic nitrogens is 1. The Hall–Kier alpha value is -1.30. The zero-order valence-electron chi connectivity index (χ0n) is 10.9. The van der Waals surface area contributed by atoms with Crippen molar-refractivity contribution in [1.82, 2.24) is 4.98 Å². The average Bonchev–Trinajstić information content (AvgIpc) is 2.37. The van der Waals surface area contributed by atoms with Crippen molar-refractivity contribution in [2.75, 3.05) is 18.0 Å². The monoisotopic (exact) mass is 273 g/mol. The minimum absolute atomic E-state index is 0.000683. The number of aryl methyl sites for hydroxylation is 1. The highest BCUT2D eigenvalue weighted by Crippen LogP contribution is 2.35. The standard InChI is InChI=1S/C13H18F3N3/c1-9-5-10(6-17)7-18-12(9)19-4-2-3-11(8-19)13(14,15)16/h5,7,11H,2-4,6,8,17H2,1H3. The smallest absolute Gasteiger partial charge is 0.356 e. The molecule has 1 unspecified atom stereocenters. The van der Waals surface area contributed by atoms with Crippen LogP contribution in [0, 0.1) is 12.8 Å². The lowest BCUT2D eigenvalue weighted by Gasteiger charge is -2.35. The van der Waals surface area contributed by atoms with Gasteiger partial charge in [-0.2, -0.15) is 13.2 Å². The van der Waals surface area contributed by atoms with Gasteiger partial charge in [0.05, 0.1) is 5.92 Å². The third-order valence-corrected chi connectivity index (χ3v) is 3.53. The average molecular weight is 273 g/mol. The van der Waals surface area contributed by atoms with Gasteiger partial charge < -0.3 is 10.6 Å². The summed E-state index contributed by atoms with van der Waals surface area (Å²) >= 11 is 0. The van der Waals surface area contributed by atoms with Crippen LogP contribution in [-0.4, -0.2) is 24.2 Å². The number of alkyl halides is 3. The third kappa shape index (κ3) is 3.18. The number of anilines is 1. The van der Waals surface area contributed by atoms with Crippen LogP contribution in [0.25, 0.3) is 0 Å². The second kappa shape index (κ2) is 5.36. The van der Waals surface area contributed by atoms with E-state index in [2.05, 4.69) is 4.98 Å². The van der Waals surface area contributed by atoms with Gasteiger partial charge in [-0.15, -0.1) is 0 Å². The Kier molecular flexibility index (Phi) is 3.99. The number of hydrogen-bond acceptors (Lipinski definition) is 3. The van der Waals surface area contributed by atoms with Gasteiger partial charge in [-0.3, -0.25) is 0 Å². The van der Waals surface area contributed by atoms with Crippen LogP contribution in [0.5, 0.6) is 0 Å². The second-order valence-electron chi connectivity index (χ2n) is 5.01. The number of pyridine rings is 1. The number of halogens is 3. The molecule has 0 bridgehead atoms. The molecule has 0 aromatic carbocycles. The molecular formula is C13H18F3N3. The molecule has 106 valence electrons. The lowest BCUT2D eigenvalue weighted by atomic mass is 9.97. The molecule has 1 fully saturated rings. The maximum absolute atomic E-state index is 12.8. The molecule has 3 nitrogen and oxygen atoms in total. The molecule has 1 atom stereocenters. The fourth-order valence-corrected chi connectivity index (χ4v) is 2.51. The zero-order valence-corrected chi connectivity index (χ0v) is 10.9. The zero-order chi connectivity index (χ0) is 14.0. The van der Waals surface area contributed by atoms with Gasteiger partial charge in [0.2, 0.25) is 0 Å². The Morgan fingerprint density at radius 2 is 2.21 bits per heavy atom. The summed E-state index contributed by atoms with van der Waals surface area (Å²) in [6.45, 7) is 2.87. The second-order valence-corrected chi connectivity index (χ2v) is 5.01. The molecule has 0 aliphatic carbocycles. The molecule has 0 radical (unpaired) electrons. The summed E-state index contributed by atoms with van der Waals surface area (Å²) in [7, 11) is 0. The van der Waals surface area contributed by atoms with E-state index in [0.29, 0.717) is 25.3 Å². The van der Waals surface area contributed by atoms with Crippen molar-refractivity contribution in [3.8, 4) is 0 Å². The van der Waals surface area contributed by atoms with Gasteiger partial charge in [-0.1, -0.05) is 0 Å². The molecule has 1 saturated heterocycles. The lowest BCUT2D eigenvalue weighted by molar-refractivity contribution is -0.176. The van der Waals surface area contributed by atoms with Crippen molar-refractivity contribution < 1.29 is 13.2 Å². The predicted octanol–water partition coefficient (Wildman–Crippen LogP) is 2.63. The number of piperidine rings is 1. The van der Waals surface area contributed by atoms with Crippen LogP contribution < -0.4 is 10.6 Å². The van der Waals surface area contributed by atoms with Crippen molar-refractivity contribution >= 4 is 5.82 Å². The normalized spacial score (nSPS) is 20.7. The summed E-state index contributed by atoms with van der Waals surface area (Å²) in [5.41, 5.74) is 7.30. The first-order valence-corrected chi connectivity index (χ1v) is 6.39. The minimum atomic E-state index is -4.12. The molecule has 2 heterocycles. The highest BCUT2D eigenvalue weighted by Gasteiger charge is 2.42. The van der Waals surface area contributed by atoms with Gasteiger partial charge in [0.1, 0.15) is 5.82 Å². The molecule has 1 aromatic rings. The lowest BCUT2D eigenvalue weighted by Crippen LogP contribution is -2.42. The van der Waals surface area contributed by atoms with E-state index in [9.17, 15) is 13.2 Å². The summed E-state index contributed by atoms with van der Waals surface area (Å²) < 4.78 is 38.4. The van der Waals surface area contributed by atoms with Gasteiger partial charge in [-0.05, 0) is 37.0 Å². The van der Waals surface area contributed by atoms with E-state index in [1.165, 1.54) is 0 Å². The Morgan fingerprint density at radius 1 is 1.47 bits per heavy atom. The molecule has 19 heavy (non-hydrogen) atoms. The van der Waals surface area contributed by atoms with Gasteiger partial charge in [-0.25, -0.2) is 4.98 Å². The number of nitrogens with zero attached hydrogens (tertiary/aromatic N) is 2. The van der Waals surface area contributed by atoms with E-state index < -0.39 is 12.1 Å². The van der Waals surface area contributed by atoms with Crippen LogP contribution in [0.4, 0.5) is 19.0 Å². The minimum Gasteiger partial charge on any atom is -0.356 e. The van der Waals surface area contributed by atoms with Crippen LogP contribution in [0.2, 0.25) is 0 Å².